The summed E-state index contributed by atoms with van der Waals surface area (Å²) in [5, 5.41) is 6.22. The summed E-state index contributed by atoms with van der Waals surface area (Å²) in [4.78, 5) is 10.1. The van der Waals surface area contributed by atoms with Gasteiger partial charge in [0.2, 0.25) is 16.0 Å². The molecule has 0 aliphatic rings. The molecule has 0 amide bonds. The van der Waals surface area contributed by atoms with Crippen LogP contribution in [0.25, 0.3) is 0 Å². The van der Waals surface area contributed by atoms with E-state index in [4.69, 9.17) is 11.6 Å². The summed E-state index contributed by atoms with van der Waals surface area (Å²) >= 11 is 6.24. The summed E-state index contributed by atoms with van der Waals surface area (Å²) < 4.78 is 39.3. The van der Waals surface area contributed by atoms with Crippen molar-refractivity contribution in [3.05, 3.63) is 59.5 Å². The smallest absolute Gasteiger partial charge is 0.232 e. The van der Waals surface area contributed by atoms with Gasteiger partial charge in [-0.25, -0.2) is 17.8 Å². The minimum Gasteiger partial charge on any atom is -0.375 e. The van der Waals surface area contributed by atoms with E-state index in [9.17, 15) is 12.8 Å². The Kier molecular flexibility index (Phi) is 6.51. The number of aromatic nitrogens is 2. The number of hydrogen-bond donors (Lipinski definition) is 2. The second kappa shape index (κ2) is 8.94. The third kappa shape index (κ3) is 5.33. The number of rotatable bonds is 7. The van der Waals surface area contributed by atoms with Gasteiger partial charge in [-0.1, -0.05) is 23.7 Å². The van der Waals surface area contributed by atoms with E-state index in [0.29, 0.717) is 22.7 Å². The van der Waals surface area contributed by atoms with Gasteiger partial charge in [0.1, 0.15) is 10.8 Å². The third-order valence-electron chi connectivity index (χ3n) is 4.42. The third-order valence-corrected chi connectivity index (χ3v) is 5.89. The normalized spacial score (nSPS) is 11.2. The van der Waals surface area contributed by atoms with Crippen LogP contribution in [0.3, 0.4) is 0 Å². The average molecular weight is 465 g/mol. The van der Waals surface area contributed by atoms with Crippen LogP contribution in [0.1, 0.15) is 0 Å². The van der Waals surface area contributed by atoms with Crippen LogP contribution in [0.4, 0.5) is 38.9 Å². The van der Waals surface area contributed by atoms with Gasteiger partial charge >= 0.3 is 0 Å². The van der Waals surface area contributed by atoms with Crippen LogP contribution in [0, 0.1) is 5.82 Å². The van der Waals surface area contributed by atoms with Crippen LogP contribution in [-0.4, -0.2) is 45.8 Å². The largest absolute Gasteiger partial charge is 0.375 e. The van der Waals surface area contributed by atoms with Gasteiger partial charge in [-0.3, -0.25) is 4.31 Å². The molecule has 3 rings (SSSR count). The molecule has 3 aromatic rings. The van der Waals surface area contributed by atoms with Crippen molar-refractivity contribution in [2.75, 3.05) is 47.2 Å². The molecule has 2 N–H and O–H groups in total. The number of nitrogens with zero attached hydrogens (tertiary/aromatic N) is 4. The van der Waals surface area contributed by atoms with Gasteiger partial charge in [0.25, 0.3) is 0 Å². The van der Waals surface area contributed by atoms with E-state index in [1.807, 2.05) is 0 Å². The highest BCUT2D eigenvalue weighted by Gasteiger charge is 2.17. The Balaban J connectivity index is 1.89. The fraction of sp³-hybridized carbons (Fsp3) is 0.200. The lowest BCUT2D eigenvalue weighted by Crippen LogP contribution is -2.25. The van der Waals surface area contributed by atoms with E-state index in [-0.39, 0.29) is 22.6 Å². The maximum absolute atomic E-state index is 14.2. The van der Waals surface area contributed by atoms with Gasteiger partial charge in [-0.2, -0.15) is 4.98 Å². The van der Waals surface area contributed by atoms with Crippen molar-refractivity contribution in [3.8, 4) is 0 Å². The first kappa shape index (κ1) is 22.6. The first-order valence-electron chi connectivity index (χ1n) is 9.12. The molecule has 1 aromatic heterocycles. The molecule has 0 fully saturated rings. The maximum atomic E-state index is 14.2. The Morgan fingerprint density at radius 3 is 2.39 bits per heavy atom. The van der Waals surface area contributed by atoms with Crippen LogP contribution in [-0.2, 0) is 10.0 Å². The fourth-order valence-corrected chi connectivity index (χ4v) is 3.41. The molecule has 0 bridgehead atoms. The van der Waals surface area contributed by atoms with Crippen molar-refractivity contribution >= 4 is 56.1 Å². The molecule has 11 heteroatoms. The highest BCUT2D eigenvalue weighted by molar-refractivity contribution is 7.92. The molecule has 0 unspecified atom stereocenters. The van der Waals surface area contributed by atoms with E-state index in [1.54, 1.807) is 55.4 Å². The maximum Gasteiger partial charge on any atom is 0.232 e. The van der Waals surface area contributed by atoms with Crippen molar-refractivity contribution in [1.82, 2.24) is 9.97 Å². The molecule has 0 spiro atoms. The molecule has 0 aliphatic heterocycles. The zero-order valence-electron chi connectivity index (χ0n) is 17.4. The molecule has 1 heterocycles. The predicted molar refractivity (Wildman–Crippen MR) is 124 cm³/mol. The Bertz CT molecular complexity index is 1210. The van der Waals surface area contributed by atoms with Gasteiger partial charge in [-0.15, -0.1) is 0 Å². The second-order valence-electron chi connectivity index (χ2n) is 6.95. The second-order valence-corrected chi connectivity index (χ2v) is 9.37. The monoisotopic (exact) mass is 464 g/mol. The zero-order valence-corrected chi connectivity index (χ0v) is 19.0. The van der Waals surface area contributed by atoms with Crippen LogP contribution in [0.2, 0.25) is 5.02 Å². The summed E-state index contributed by atoms with van der Waals surface area (Å²) in [5.41, 5.74) is 1.84. The first-order chi connectivity index (χ1) is 14.6. The molecule has 0 aliphatic carbocycles. The highest BCUT2D eigenvalue weighted by atomic mass is 35.5. The Morgan fingerprint density at radius 1 is 1.03 bits per heavy atom. The summed E-state index contributed by atoms with van der Waals surface area (Å²) in [7, 11) is 1.50. The number of benzene rings is 2. The van der Waals surface area contributed by atoms with Gasteiger partial charge in [-0.05, 0) is 30.3 Å². The lowest BCUT2D eigenvalue weighted by molar-refractivity contribution is 0.600. The fourth-order valence-electron chi connectivity index (χ4n) is 2.75. The highest BCUT2D eigenvalue weighted by Crippen LogP contribution is 2.32. The molecule has 0 saturated heterocycles. The summed E-state index contributed by atoms with van der Waals surface area (Å²) in [6.07, 6.45) is 2.51. The standard InChI is InChI=1S/C20H22ClFN6O2S/c1-27(2)17-10-9-13(11-15(17)22)24-20-23-12-14(21)19(26-20)25-16-7-5-6-8-18(16)28(3)31(4,29)30/h5-12H,1-4H3,(H2,23,24,25,26). The molecule has 0 radical (unpaired) electrons. The molecular formula is C20H22ClFN6O2S. The van der Waals surface area contributed by atoms with Crippen molar-refractivity contribution in [2.24, 2.45) is 0 Å². The topological polar surface area (TPSA) is 90.5 Å². The lowest BCUT2D eigenvalue weighted by Gasteiger charge is -2.21. The molecule has 0 atom stereocenters. The van der Waals surface area contributed by atoms with E-state index >= 15 is 0 Å². The Labute approximate surface area is 185 Å². The Morgan fingerprint density at radius 2 is 1.74 bits per heavy atom. The van der Waals surface area contributed by atoms with Crippen LogP contribution < -0.4 is 19.8 Å². The van der Waals surface area contributed by atoms with E-state index in [2.05, 4.69) is 20.6 Å². The number of halogens is 2. The van der Waals surface area contributed by atoms with Crippen molar-refractivity contribution in [1.29, 1.82) is 0 Å². The van der Waals surface area contributed by atoms with Gasteiger partial charge in [0.15, 0.2) is 5.82 Å². The molecule has 164 valence electrons. The minimum absolute atomic E-state index is 0.192. The first-order valence-corrected chi connectivity index (χ1v) is 11.4. The minimum atomic E-state index is -3.47. The number of sulfonamides is 1. The van der Waals surface area contributed by atoms with Crippen LogP contribution in [0.15, 0.2) is 48.7 Å². The van der Waals surface area contributed by atoms with E-state index in [0.717, 1.165) is 10.6 Å². The van der Waals surface area contributed by atoms with Gasteiger partial charge in [0, 0.05) is 26.8 Å². The summed E-state index contributed by atoms with van der Waals surface area (Å²) in [5.74, 6) is 0.0665. The number of nitrogens with one attached hydrogen (secondary N) is 2. The number of para-hydroxylation sites is 2. The molecular weight excluding hydrogens is 443 g/mol. The van der Waals surface area contributed by atoms with Crippen LogP contribution in [0.5, 0.6) is 0 Å². The average Bonchev–Trinajstić information content (AvgIpc) is 2.69. The lowest BCUT2D eigenvalue weighted by atomic mass is 10.2. The van der Waals surface area contributed by atoms with Gasteiger partial charge in [0.05, 0.1) is 29.5 Å². The summed E-state index contributed by atoms with van der Waals surface area (Å²) in [6, 6.07) is 11.5. The van der Waals surface area contributed by atoms with E-state index in [1.165, 1.54) is 19.3 Å². The Hall–Kier alpha value is -3.11. The van der Waals surface area contributed by atoms with E-state index < -0.39 is 10.0 Å². The SMILES string of the molecule is CN(C)c1ccc(Nc2ncc(Cl)c(Nc3ccccc3N(C)S(C)(=O)=O)n2)cc1F. The molecule has 2 aromatic carbocycles. The molecule has 0 saturated carbocycles. The van der Waals surface area contributed by atoms with Crippen molar-refractivity contribution in [3.63, 3.8) is 0 Å². The quantitative estimate of drug-likeness (QED) is 0.541. The molecule has 8 nitrogen and oxygen atoms in total. The van der Waals surface area contributed by atoms with Crippen LogP contribution >= 0.6 is 11.6 Å². The van der Waals surface area contributed by atoms with Crippen molar-refractivity contribution < 1.29 is 12.8 Å². The van der Waals surface area contributed by atoms with Gasteiger partial charge < -0.3 is 15.5 Å². The summed E-state index contributed by atoms with van der Waals surface area (Å²) in [6.45, 7) is 0. The zero-order chi connectivity index (χ0) is 22.8. The number of hydrogen-bond acceptors (Lipinski definition) is 7. The predicted octanol–water partition coefficient (Wildman–Crippen LogP) is 4.22. The number of anilines is 6. The molecule has 31 heavy (non-hydrogen) atoms. The van der Waals surface area contributed by atoms with Crippen molar-refractivity contribution in [2.45, 2.75) is 0 Å².